The topological polar surface area (TPSA) is 47.3 Å². The van der Waals surface area contributed by atoms with Crippen LogP contribution in [-0.2, 0) is 4.84 Å². The lowest BCUT2D eigenvalue weighted by Gasteiger charge is -2.02. The van der Waals surface area contributed by atoms with Gasteiger partial charge in [-0.25, -0.2) is 5.90 Å². The van der Waals surface area contributed by atoms with Crippen molar-refractivity contribution in [3.63, 3.8) is 0 Å². The Kier molecular flexibility index (Phi) is 20.6. The summed E-state index contributed by atoms with van der Waals surface area (Å²) in [5, 5.41) is 2.77. The van der Waals surface area contributed by atoms with Crippen LogP contribution < -0.4 is 11.2 Å². The second-order valence-electron chi connectivity index (χ2n) is 1.07. The van der Waals surface area contributed by atoms with E-state index in [4.69, 9.17) is 5.90 Å². The van der Waals surface area contributed by atoms with Crippen molar-refractivity contribution in [3.8, 4) is 0 Å². The summed E-state index contributed by atoms with van der Waals surface area (Å²) >= 11 is 0. The van der Waals surface area contributed by atoms with E-state index in [0.717, 1.165) is 0 Å². The average molecular weight is 163 g/mol. The van der Waals surface area contributed by atoms with Gasteiger partial charge >= 0.3 is 0 Å². The zero-order valence-electron chi connectivity index (χ0n) is 4.88. The summed E-state index contributed by atoms with van der Waals surface area (Å²) in [5.41, 5.74) is 0. The Morgan fingerprint density at radius 3 is 1.88 bits per heavy atom. The van der Waals surface area contributed by atoms with Gasteiger partial charge in [-0.15, -0.1) is 24.8 Å². The van der Waals surface area contributed by atoms with Crippen LogP contribution in [0, 0.1) is 0 Å². The first-order valence-corrected chi connectivity index (χ1v) is 1.84. The van der Waals surface area contributed by atoms with Gasteiger partial charge in [-0.1, -0.05) is 0 Å². The van der Waals surface area contributed by atoms with Crippen LogP contribution in [-0.4, -0.2) is 13.3 Å². The molecule has 0 rings (SSSR count). The number of hydrogen-bond donors (Lipinski definition) is 2. The minimum absolute atomic E-state index is 0. The maximum Gasteiger partial charge on any atom is 0.126 e. The molecule has 3 N–H and O–H groups in total. The van der Waals surface area contributed by atoms with Gasteiger partial charge in [0, 0.05) is 0 Å². The molecular weight excluding hydrogens is 151 g/mol. The van der Waals surface area contributed by atoms with Crippen molar-refractivity contribution in [2.45, 2.75) is 13.2 Å². The fourth-order valence-corrected chi connectivity index (χ4v) is 0.0680. The quantitative estimate of drug-likeness (QED) is 0.454. The van der Waals surface area contributed by atoms with Gasteiger partial charge in [0.2, 0.25) is 0 Å². The van der Waals surface area contributed by atoms with Gasteiger partial charge in [-0.05, 0) is 14.0 Å². The van der Waals surface area contributed by atoms with E-state index >= 15 is 0 Å². The average Bonchev–Trinajstić information content (AvgIpc) is 1.65. The Balaban J connectivity index is -0.000000125. The van der Waals surface area contributed by atoms with E-state index in [1.54, 1.807) is 7.05 Å². The Morgan fingerprint density at radius 1 is 1.50 bits per heavy atom. The highest BCUT2D eigenvalue weighted by Gasteiger charge is 1.87. The third-order valence-electron chi connectivity index (χ3n) is 0.611. The molecule has 0 bridgehead atoms. The van der Waals surface area contributed by atoms with Crippen molar-refractivity contribution in [2.75, 3.05) is 7.05 Å². The second kappa shape index (κ2) is 10.4. The minimum Gasteiger partial charge on any atom is -0.294 e. The van der Waals surface area contributed by atoms with Crippen LogP contribution in [0.3, 0.4) is 0 Å². The summed E-state index contributed by atoms with van der Waals surface area (Å²) in [5.74, 6) is 4.72. The van der Waals surface area contributed by atoms with Gasteiger partial charge in [-0.2, -0.15) is 0 Å². The largest absolute Gasteiger partial charge is 0.294 e. The van der Waals surface area contributed by atoms with E-state index in [-0.39, 0.29) is 31.0 Å². The Morgan fingerprint density at radius 2 is 1.88 bits per heavy atom. The van der Waals surface area contributed by atoms with E-state index < -0.39 is 0 Å². The third kappa shape index (κ3) is 9.68. The van der Waals surface area contributed by atoms with Gasteiger partial charge in [-0.3, -0.25) is 10.2 Å². The van der Waals surface area contributed by atoms with Crippen LogP contribution in [0.5, 0.6) is 0 Å². The molecule has 0 aliphatic heterocycles. The molecule has 0 aromatic carbocycles. The van der Waals surface area contributed by atoms with Gasteiger partial charge in [0.15, 0.2) is 0 Å². The molecule has 54 valence electrons. The van der Waals surface area contributed by atoms with E-state index in [1.165, 1.54) is 0 Å². The highest BCUT2D eigenvalue weighted by Crippen LogP contribution is 1.69. The highest BCUT2D eigenvalue weighted by atomic mass is 35.5. The van der Waals surface area contributed by atoms with Crippen LogP contribution in [0.25, 0.3) is 0 Å². The van der Waals surface area contributed by atoms with Crippen LogP contribution in [0.4, 0.5) is 0 Å². The normalized spacial score (nSPS) is 10.9. The number of rotatable bonds is 2. The standard InChI is InChI=1S/C3H10N2O.2ClH/c1-3(5-2)6-4;;/h3,5H,4H2,1-2H3;2*1H. The molecule has 8 heavy (non-hydrogen) atoms. The number of nitrogens with one attached hydrogen (secondary N) is 1. The lowest BCUT2D eigenvalue weighted by atomic mass is 10.7. The molecule has 0 amide bonds. The molecule has 0 aromatic rings. The smallest absolute Gasteiger partial charge is 0.126 e. The van der Waals surface area contributed by atoms with Crippen LogP contribution >= 0.6 is 24.8 Å². The monoisotopic (exact) mass is 162 g/mol. The Hall–Kier alpha value is 0.460. The summed E-state index contributed by atoms with van der Waals surface area (Å²) in [4.78, 5) is 4.29. The Labute approximate surface area is 61.7 Å². The lowest BCUT2D eigenvalue weighted by Crippen LogP contribution is -2.27. The fourth-order valence-electron chi connectivity index (χ4n) is 0.0680. The highest BCUT2D eigenvalue weighted by molar-refractivity contribution is 5.85. The molecule has 0 aromatic heterocycles. The summed E-state index contributed by atoms with van der Waals surface area (Å²) in [7, 11) is 1.78. The molecular formula is C3H12Cl2N2O. The van der Waals surface area contributed by atoms with Crippen molar-refractivity contribution in [2.24, 2.45) is 5.90 Å². The van der Waals surface area contributed by atoms with Crippen molar-refractivity contribution >= 4 is 24.8 Å². The fraction of sp³-hybridized carbons (Fsp3) is 1.00. The summed E-state index contributed by atoms with van der Waals surface area (Å²) in [6.45, 7) is 1.82. The Bertz CT molecular complexity index is 34.5. The van der Waals surface area contributed by atoms with E-state index in [0.29, 0.717) is 0 Å². The molecule has 0 heterocycles. The zero-order chi connectivity index (χ0) is 4.99. The second-order valence-corrected chi connectivity index (χ2v) is 1.07. The first-order chi connectivity index (χ1) is 2.81. The molecule has 0 aliphatic rings. The van der Waals surface area contributed by atoms with Crippen LogP contribution in [0.2, 0.25) is 0 Å². The van der Waals surface area contributed by atoms with Crippen molar-refractivity contribution in [1.29, 1.82) is 0 Å². The lowest BCUT2D eigenvalue weighted by molar-refractivity contribution is 0.0482. The maximum absolute atomic E-state index is 4.72. The van der Waals surface area contributed by atoms with Gasteiger partial charge in [0.1, 0.15) is 6.23 Å². The molecule has 0 fully saturated rings. The van der Waals surface area contributed by atoms with Crippen molar-refractivity contribution < 1.29 is 4.84 Å². The molecule has 0 radical (unpaired) electrons. The molecule has 0 aliphatic carbocycles. The molecule has 3 nitrogen and oxygen atoms in total. The number of hydrogen-bond acceptors (Lipinski definition) is 3. The summed E-state index contributed by atoms with van der Waals surface area (Å²) < 4.78 is 0. The molecule has 0 spiro atoms. The summed E-state index contributed by atoms with van der Waals surface area (Å²) in [6.07, 6.45) is -0.0370. The predicted molar refractivity (Wildman–Crippen MR) is 38.3 cm³/mol. The van der Waals surface area contributed by atoms with Crippen LogP contribution in [0.1, 0.15) is 6.92 Å². The predicted octanol–water partition coefficient (Wildman–Crippen LogP) is 0.286. The van der Waals surface area contributed by atoms with E-state index in [1.807, 2.05) is 6.92 Å². The first-order valence-electron chi connectivity index (χ1n) is 1.84. The molecule has 0 saturated heterocycles. The zero-order valence-corrected chi connectivity index (χ0v) is 6.51. The molecule has 5 heteroatoms. The first kappa shape index (κ1) is 15.8. The van der Waals surface area contributed by atoms with Crippen molar-refractivity contribution in [3.05, 3.63) is 0 Å². The maximum atomic E-state index is 4.72. The van der Waals surface area contributed by atoms with Gasteiger partial charge in [0.05, 0.1) is 0 Å². The number of halogens is 2. The molecule has 1 atom stereocenters. The summed E-state index contributed by atoms with van der Waals surface area (Å²) in [6, 6.07) is 0. The minimum atomic E-state index is -0.0370. The SMILES string of the molecule is CNC(C)ON.Cl.Cl. The van der Waals surface area contributed by atoms with Gasteiger partial charge < -0.3 is 0 Å². The number of nitrogens with two attached hydrogens (primary N) is 1. The van der Waals surface area contributed by atoms with E-state index in [9.17, 15) is 0 Å². The van der Waals surface area contributed by atoms with Crippen LogP contribution in [0.15, 0.2) is 0 Å². The van der Waals surface area contributed by atoms with E-state index in [2.05, 4.69) is 10.2 Å². The molecule has 0 saturated carbocycles. The third-order valence-corrected chi connectivity index (χ3v) is 0.611. The van der Waals surface area contributed by atoms with Crippen molar-refractivity contribution in [1.82, 2.24) is 5.32 Å². The molecule has 1 unspecified atom stereocenters. The van der Waals surface area contributed by atoms with Gasteiger partial charge in [0.25, 0.3) is 0 Å².